The molecule has 1 aromatic carbocycles. The Hall–Kier alpha value is -1.97. The molecule has 0 aliphatic carbocycles. The quantitative estimate of drug-likeness (QED) is 0.906. The van der Waals surface area contributed by atoms with Crippen LogP contribution in [0.25, 0.3) is 0 Å². The Morgan fingerprint density at radius 2 is 1.85 bits per heavy atom. The summed E-state index contributed by atoms with van der Waals surface area (Å²) >= 11 is 0. The number of halogens is 1. The molecule has 0 aliphatic heterocycles. The molecule has 2 aromatic rings. The van der Waals surface area contributed by atoms with Gasteiger partial charge in [-0.3, -0.25) is 0 Å². The smallest absolute Gasteiger partial charge is 0.130 e. The Labute approximate surface area is 119 Å². The van der Waals surface area contributed by atoms with Crippen molar-refractivity contribution in [2.45, 2.75) is 39.7 Å². The highest BCUT2D eigenvalue weighted by Gasteiger charge is 2.09. The van der Waals surface area contributed by atoms with Crippen LogP contribution in [0, 0.1) is 12.7 Å². The first-order valence-corrected chi connectivity index (χ1v) is 6.82. The Morgan fingerprint density at radius 1 is 1.10 bits per heavy atom. The summed E-state index contributed by atoms with van der Waals surface area (Å²) in [4.78, 5) is 8.44. The molecule has 1 N–H and O–H groups in total. The van der Waals surface area contributed by atoms with Gasteiger partial charge in [0.15, 0.2) is 0 Å². The van der Waals surface area contributed by atoms with Gasteiger partial charge in [-0.05, 0) is 37.0 Å². The maximum atomic E-state index is 13.6. The molecule has 0 fully saturated rings. The van der Waals surface area contributed by atoms with Crippen molar-refractivity contribution in [3.05, 3.63) is 53.2 Å². The Kier molecular flexibility index (Phi) is 4.32. The molecule has 2 rings (SSSR count). The maximum absolute atomic E-state index is 13.6. The summed E-state index contributed by atoms with van der Waals surface area (Å²) in [5, 5.41) is 3.28. The highest BCUT2D eigenvalue weighted by atomic mass is 19.1. The molecule has 0 spiro atoms. The number of hydrogen-bond donors (Lipinski definition) is 1. The lowest BCUT2D eigenvalue weighted by atomic mass is 10.1. The van der Waals surface area contributed by atoms with Gasteiger partial charge in [0.25, 0.3) is 0 Å². The lowest BCUT2D eigenvalue weighted by Crippen LogP contribution is -2.09. The Bertz CT molecular complexity index is 596. The van der Waals surface area contributed by atoms with Crippen molar-refractivity contribution in [1.82, 2.24) is 9.97 Å². The van der Waals surface area contributed by atoms with E-state index >= 15 is 0 Å². The molecular formula is C16H20FN3. The van der Waals surface area contributed by atoms with Crippen LogP contribution in [0.3, 0.4) is 0 Å². The molecule has 4 heteroatoms. The third-order valence-corrected chi connectivity index (χ3v) is 3.34. The lowest BCUT2D eigenvalue weighted by Gasteiger charge is -2.16. The van der Waals surface area contributed by atoms with E-state index in [0.717, 1.165) is 17.1 Å². The van der Waals surface area contributed by atoms with Crippen molar-refractivity contribution in [3.8, 4) is 0 Å². The van der Waals surface area contributed by atoms with E-state index in [4.69, 9.17) is 0 Å². The second kappa shape index (κ2) is 5.99. The van der Waals surface area contributed by atoms with Gasteiger partial charge in [0.1, 0.15) is 18.0 Å². The topological polar surface area (TPSA) is 37.8 Å². The number of hydrogen-bond acceptors (Lipinski definition) is 3. The standard InChI is InChI=1S/C16H20FN3/c1-10(2)15-8-16(19-9-18-15)20-12(4)13-6-5-11(3)14(17)7-13/h5-10,12H,1-4H3,(H,18,19,20). The Morgan fingerprint density at radius 3 is 2.50 bits per heavy atom. The average Bonchev–Trinajstić information content (AvgIpc) is 2.42. The maximum Gasteiger partial charge on any atom is 0.130 e. The number of benzene rings is 1. The van der Waals surface area contributed by atoms with Crippen LogP contribution in [0.15, 0.2) is 30.6 Å². The molecule has 106 valence electrons. The molecule has 0 saturated heterocycles. The molecule has 1 atom stereocenters. The van der Waals surface area contributed by atoms with Gasteiger partial charge < -0.3 is 5.32 Å². The number of aromatic nitrogens is 2. The summed E-state index contributed by atoms with van der Waals surface area (Å²) in [6.45, 7) is 7.92. The SMILES string of the molecule is Cc1ccc(C(C)Nc2cc(C(C)C)ncn2)cc1F. The minimum Gasteiger partial charge on any atom is -0.363 e. The largest absolute Gasteiger partial charge is 0.363 e. The monoisotopic (exact) mass is 273 g/mol. The summed E-state index contributed by atoms with van der Waals surface area (Å²) < 4.78 is 13.6. The fraction of sp³-hybridized carbons (Fsp3) is 0.375. The van der Waals surface area contributed by atoms with E-state index in [1.165, 1.54) is 0 Å². The summed E-state index contributed by atoms with van der Waals surface area (Å²) in [6.07, 6.45) is 1.56. The Balaban J connectivity index is 2.16. The molecule has 0 aliphatic rings. The van der Waals surface area contributed by atoms with Crippen LogP contribution in [0.2, 0.25) is 0 Å². The van der Waals surface area contributed by atoms with Crippen molar-refractivity contribution in [2.24, 2.45) is 0 Å². The number of anilines is 1. The number of rotatable bonds is 4. The fourth-order valence-electron chi connectivity index (χ4n) is 1.95. The molecule has 3 nitrogen and oxygen atoms in total. The van der Waals surface area contributed by atoms with E-state index in [1.807, 2.05) is 19.1 Å². The zero-order valence-electron chi connectivity index (χ0n) is 12.3. The number of nitrogens with one attached hydrogen (secondary N) is 1. The van der Waals surface area contributed by atoms with E-state index in [0.29, 0.717) is 11.5 Å². The van der Waals surface area contributed by atoms with Crippen molar-refractivity contribution in [3.63, 3.8) is 0 Å². The molecule has 1 heterocycles. The molecule has 1 aromatic heterocycles. The highest BCUT2D eigenvalue weighted by Crippen LogP contribution is 2.21. The van der Waals surface area contributed by atoms with Crippen LogP contribution in [0.1, 0.15) is 49.6 Å². The van der Waals surface area contributed by atoms with Gasteiger partial charge >= 0.3 is 0 Å². The van der Waals surface area contributed by atoms with Crippen molar-refractivity contribution >= 4 is 5.82 Å². The van der Waals surface area contributed by atoms with Gasteiger partial charge in [-0.2, -0.15) is 0 Å². The second-order valence-corrected chi connectivity index (χ2v) is 5.36. The van der Waals surface area contributed by atoms with Crippen LogP contribution < -0.4 is 5.32 Å². The van der Waals surface area contributed by atoms with Gasteiger partial charge in [0.05, 0.1) is 6.04 Å². The van der Waals surface area contributed by atoms with Gasteiger partial charge in [0.2, 0.25) is 0 Å². The predicted molar refractivity (Wildman–Crippen MR) is 79.3 cm³/mol. The third-order valence-electron chi connectivity index (χ3n) is 3.34. The molecule has 1 unspecified atom stereocenters. The predicted octanol–water partition coefficient (Wildman–Crippen LogP) is 4.22. The van der Waals surface area contributed by atoms with E-state index in [2.05, 4.69) is 29.1 Å². The van der Waals surface area contributed by atoms with Crippen molar-refractivity contribution in [2.75, 3.05) is 5.32 Å². The average molecular weight is 273 g/mol. The van der Waals surface area contributed by atoms with Crippen molar-refractivity contribution < 1.29 is 4.39 Å². The van der Waals surface area contributed by atoms with Crippen LogP contribution in [0.4, 0.5) is 10.2 Å². The second-order valence-electron chi connectivity index (χ2n) is 5.36. The first-order valence-electron chi connectivity index (χ1n) is 6.82. The zero-order valence-corrected chi connectivity index (χ0v) is 12.3. The summed E-state index contributed by atoms with van der Waals surface area (Å²) in [5.74, 6) is 0.935. The van der Waals surface area contributed by atoms with Gasteiger partial charge in [0, 0.05) is 11.8 Å². The zero-order chi connectivity index (χ0) is 14.7. The first-order chi connectivity index (χ1) is 9.47. The summed E-state index contributed by atoms with van der Waals surface area (Å²) in [6, 6.07) is 7.21. The molecule has 0 saturated carbocycles. The van der Waals surface area contributed by atoms with Crippen molar-refractivity contribution in [1.29, 1.82) is 0 Å². The van der Waals surface area contributed by atoms with Crippen LogP contribution >= 0.6 is 0 Å². The van der Waals surface area contributed by atoms with E-state index in [9.17, 15) is 4.39 Å². The summed E-state index contributed by atoms with van der Waals surface area (Å²) in [5.41, 5.74) is 2.55. The number of aryl methyl sites for hydroxylation is 1. The minimum atomic E-state index is -0.179. The highest BCUT2D eigenvalue weighted by molar-refractivity contribution is 5.39. The van der Waals surface area contributed by atoms with Gasteiger partial charge in [-0.1, -0.05) is 26.0 Å². The van der Waals surface area contributed by atoms with E-state index in [1.54, 1.807) is 25.4 Å². The molecule has 20 heavy (non-hydrogen) atoms. The fourth-order valence-corrected chi connectivity index (χ4v) is 1.95. The molecule has 0 bridgehead atoms. The third kappa shape index (κ3) is 3.32. The van der Waals surface area contributed by atoms with E-state index < -0.39 is 0 Å². The van der Waals surface area contributed by atoms with E-state index in [-0.39, 0.29) is 11.9 Å². The van der Waals surface area contributed by atoms with Crippen LogP contribution in [0.5, 0.6) is 0 Å². The first kappa shape index (κ1) is 14.4. The van der Waals surface area contributed by atoms with Crippen LogP contribution in [-0.2, 0) is 0 Å². The molecular weight excluding hydrogens is 253 g/mol. The molecule has 0 amide bonds. The molecule has 0 radical (unpaired) electrons. The lowest BCUT2D eigenvalue weighted by molar-refractivity contribution is 0.614. The van der Waals surface area contributed by atoms with Gasteiger partial charge in [-0.15, -0.1) is 0 Å². The minimum absolute atomic E-state index is 0.0139. The normalized spacial score (nSPS) is 12.5. The van der Waals surface area contributed by atoms with Gasteiger partial charge in [-0.25, -0.2) is 14.4 Å². The van der Waals surface area contributed by atoms with Crippen LogP contribution in [-0.4, -0.2) is 9.97 Å². The summed E-state index contributed by atoms with van der Waals surface area (Å²) in [7, 11) is 0. The number of nitrogens with zero attached hydrogens (tertiary/aromatic N) is 2.